The molecule has 0 aliphatic carbocycles. The number of benzene rings is 2. The normalized spacial score (nSPS) is 11.5. The minimum atomic E-state index is 0.742. The van der Waals surface area contributed by atoms with Crippen molar-refractivity contribution in [1.82, 2.24) is 29.4 Å². The molecule has 0 fully saturated rings. The molecule has 6 nitrogen and oxygen atoms in total. The Hall–Kier alpha value is -3.06. The Balaban J connectivity index is 1.70. The van der Waals surface area contributed by atoms with E-state index in [0.29, 0.717) is 0 Å². The molecule has 0 aliphatic heterocycles. The first kappa shape index (κ1) is 15.2. The highest BCUT2D eigenvalue weighted by Crippen LogP contribution is 2.25. The van der Waals surface area contributed by atoms with Crippen LogP contribution in [0.4, 0.5) is 0 Å². The molecule has 5 aromatic rings. The van der Waals surface area contributed by atoms with Crippen LogP contribution in [0.15, 0.2) is 65.5 Å². The van der Waals surface area contributed by atoms with Gasteiger partial charge in [-0.3, -0.25) is 4.40 Å². The lowest BCUT2D eigenvalue weighted by Crippen LogP contribution is -1.99. The minimum absolute atomic E-state index is 0.742. The van der Waals surface area contributed by atoms with Gasteiger partial charge in [0.25, 0.3) is 0 Å². The third-order valence-electron chi connectivity index (χ3n) is 4.36. The van der Waals surface area contributed by atoms with E-state index in [1.807, 2.05) is 45.5 Å². The second kappa shape index (κ2) is 5.74. The lowest BCUT2D eigenvalue weighted by atomic mass is 10.2. The molecular formula is C19H13BrN6. The van der Waals surface area contributed by atoms with Gasteiger partial charge in [-0.05, 0) is 31.2 Å². The van der Waals surface area contributed by atoms with Crippen molar-refractivity contribution in [2.24, 2.45) is 0 Å². The van der Waals surface area contributed by atoms with Crippen LogP contribution in [0.5, 0.6) is 0 Å². The molecule has 5 rings (SSSR count). The van der Waals surface area contributed by atoms with E-state index in [1.165, 1.54) is 5.56 Å². The maximum absolute atomic E-state index is 4.62. The van der Waals surface area contributed by atoms with E-state index in [-0.39, 0.29) is 0 Å². The van der Waals surface area contributed by atoms with E-state index in [2.05, 4.69) is 55.3 Å². The highest BCUT2D eigenvalue weighted by atomic mass is 79.9. The molecule has 0 saturated carbocycles. The van der Waals surface area contributed by atoms with Crippen LogP contribution >= 0.6 is 15.9 Å². The van der Waals surface area contributed by atoms with E-state index in [1.54, 1.807) is 12.5 Å². The molecule has 7 heteroatoms. The lowest BCUT2D eigenvalue weighted by molar-refractivity contribution is 0.893. The van der Waals surface area contributed by atoms with Crippen LogP contribution in [0.3, 0.4) is 0 Å². The van der Waals surface area contributed by atoms with Gasteiger partial charge in [0.05, 0.1) is 17.3 Å². The van der Waals surface area contributed by atoms with Crippen LogP contribution < -0.4 is 0 Å². The van der Waals surface area contributed by atoms with Crippen LogP contribution in [-0.4, -0.2) is 29.4 Å². The summed E-state index contributed by atoms with van der Waals surface area (Å²) >= 11 is 3.45. The summed E-state index contributed by atoms with van der Waals surface area (Å²) in [4.78, 5) is 4.62. The number of hydrogen-bond acceptors (Lipinski definition) is 4. The van der Waals surface area contributed by atoms with Crippen molar-refractivity contribution in [2.45, 2.75) is 6.92 Å². The molecule has 0 radical (unpaired) electrons. The van der Waals surface area contributed by atoms with Gasteiger partial charge in [-0.15, -0.1) is 10.2 Å². The fourth-order valence-corrected chi connectivity index (χ4v) is 3.26. The third kappa shape index (κ3) is 2.32. The predicted molar refractivity (Wildman–Crippen MR) is 103 cm³/mol. The van der Waals surface area contributed by atoms with Crippen molar-refractivity contribution in [3.05, 3.63) is 71.1 Å². The van der Waals surface area contributed by atoms with Crippen molar-refractivity contribution < 1.29 is 0 Å². The summed E-state index contributed by atoms with van der Waals surface area (Å²) < 4.78 is 4.74. The molecule has 3 aromatic heterocycles. The Bertz CT molecular complexity index is 1140. The highest BCUT2D eigenvalue weighted by molar-refractivity contribution is 9.10. The molecule has 0 N–H and O–H groups in total. The first-order valence-corrected chi connectivity index (χ1v) is 8.90. The SMILES string of the molecule is Cc1ccc(-n2ncc3c2ncn2c(-c4ccc(Br)cc4)nnc32)cc1. The van der Waals surface area contributed by atoms with Crippen molar-refractivity contribution in [3.63, 3.8) is 0 Å². The van der Waals surface area contributed by atoms with E-state index < -0.39 is 0 Å². The molecule has 0 unspecified atom stereocenters. The van der Waals surface area contributed by atoms with Crippen LogP contribution in [0.2, 0.25) is 0 Å². The Labute approximate surface area is 157 Å². The fraction of sp³-hybridized carbons (Fsp3) is 0.0526. The van der Waals surface area contributed by atoms with Crippen molar-refractivity contribution in [3.8, 4) is 17.1 Å². The summed E-state index contributed by atoms with van der Waals surface area (Å²) in [5.41, 5.74) is 4.66. The standard InChI is InChI=1S/C19H13BrN6/c1-12-2-8-15(9-3-12)26-18-16(10-22-26)19-24-23-17(25(19)11-21-18)13-4-6-14(20)7-5-13/h2-11H,1H3. The van der Waals surface area contributed by atoms with E-state index in [0.717, 1.165) is 38.2 Å². The molecule has 0 aliphatic rings. The van der Waals surface area contributed by atoms with Gasteiger partial charge in [-0.1, -0.05) is 45.8 Å². The summed E-state index contributed by atoms with van der Waals surface area (Å²) in [6.07, 6.45) is 3.54. The molecule has 26 heavy (non-hydrogen) atoms. The number of rotatable bonds is 2. The smallest absolute Gasteiger partial charge is 0.175 e. The molecule has 0 atom stereocenters. The Morgan fingerprint density at radius 2 is 1.65 bits per heavy atom. The molecule has 0 amide bonds. The summed E-state index contributed by atoms with van der Waals surface area (Å²) in [6, 6.07) is 16.2. The molecule has 2 aromatic carbocycles. The van der Waals surface area contributed by atoms with Gasteiger partial charge < -0.3 is 0 Å². The average molecular weight is 405 g/mol. The molecule has 3 heterocycles. The summed E-state index contributed by atoms with van der Waals surface area (Å²) in [5, 5.41) is 14.1. The number of fused-ring (bicyclic) bond motifs is 3. The average Bonchev–Trinajstić information content (AvgIpc) is 3.27. The quantitative estimate of drug-likeness (QED) is 0.442. The zero-order chi connectivity index (χ0) is 17.7. The van der Waals surface area contributed by atoms with Crippen molar-refractivity contribution in [2.75, 3.05) is 0 Å². The topological polar surface area (TPSA) is 60.9 Å². The van der Waals surface area contributed by atoms with Crippen LogP contribution in [0, 0.1) is 6.92 Å². The maximum atomic E-state index is 4.62. The van der Waals surface area contributed by atoms with Crippen molar-refractivity contribution >= 4 is 32.6 Å². The lowest BCUT2D eigenvalue weighted by Gasteiger charge is -2.04. The van der Waals surface area contributed by atoms with Crippen LogP contribution in [-0.2, 0) is 0 Å². The number of halogens is 1. The second-order valence-electron chi connectivity index (χ2n) is 6.10. The second-order valence-corrected chi connectivity index (χ2v) is 7.01. The molecule has 0 bridgehead atoms. The van der Waals surface area contributed by atoms with Gasteiger partial charge in [0, 0.05) is 10.0 Å². The largest absolute Gasteiger partial charge is 0.265 e. The van der Waals surface area contributed by atoms with Gasteiger partial charge in [0.15, 0.2) is 17.1 Å². The molecule has 0 saturated heterocycles. The van der Waals surface area contributed by atoms with Crippen LogP contribution in [0.25, 0.3) is 33.8 Å². The summed E-state index contributed by atoms with van der Waals surface area (Å²) in [6.45, 7) is 2.06. The van der Waals surface area contributed by atoms with Gasteiger partial charge >= 0.3 is 0 Å². The summed E-state index contributed by atoms with van der Waals surface area (Å²) in [7, 11) is 0. The predicted octanol–water partition coefficient (Wildman–Crippen LogP) is 4.20. The third-order valence-corrected chi connectivity index (χ3v) is 4.89. The van der Waals surface area contributed by atoms with Crippen molar-refractivity contribution in [1.29, 1.82) is 0 Å². The van der Waals surface area contributed by atoms with Gasteiger partial charge in [0.2, 0.25) is 0 Å². The zero-order valence-corrected chi connectivity index (χ0v) is 15.4. The monoisotopic (exact) mass is 404 g/mol. The summed E-state index contributed by atoms with van der Waals surface area (Å²) in [5.74, 6) is 0.755. The van der Waals surface area contributed by atoms with E-state index in [9.17, 15) is 0 Å². The minimum Gasteiger partial charge on any atom is -0.265 e. The Kier molecular flexibility index (Phi) is 3.36. The first-order chi connectivity index (χ1) is 12.7. The Morgan fingerprint density at radius 3 is 2.42 bits per heavy atom. The maximum Gasteiger partial charge on any atom is 0.175 e. The number of hydrogen-bond donors (Lipinski definition) is 0. The zero-order valence-electron chi connectivity index (χ0n) is 13.8. The number of nitrogens with zero attached hydrogens (tertiary/aromatic N) is 6. The molecule has 0 spiro atoms. The first-order valence-electron chi connectivity index (χ1n) is 8.11. The van der Waals surface area contributed by atoms with Gasteiger partial charge in [-0.25, -0.2) is 9.67 Å². The van der Waals surface area contributed by atoms with E-state index >= 15 is 0 Å². The fourth-order valence-electron chi connectivity index (χ4n) is 2.99. The molecule has 126 valence electrons. The number of aryl methyl sites for hydroxylation is 1. The van der Waals surface area contributed by atoms with Gasteiger partial charge in [0.1, 0.15) is 6.33 Å². The highest BCUT2D eigenvalue weighted by Gasteiger charge is 2.15. The van der Waals surface area contributed by atoms with E-state index in [4.69, 9.17) is 0 Å². The Morgan fingerprint density at radius 1 is 0.885 bits per heavy atom. The molecular weight excluding hydrogens is 392 g/mol. The van der Waals surface area contributed by atoms with Gasteiger partial charge in [-0.2, -0.15) is 5.10 Å². The number of aromatic nitrogens is 6. The van der Waals surface area contributed by atoms with Crippen LogP contribution in [0.1, 0.15) is 5.56 Å².